The fraction of sp³-hybridized carbons (Fsp3) is 0.364. The highest BCUT2D eigenvalue weighted by molar-refractivity contribution is 7.80. The predicted octanol–water partition coefficient (Wildman–Crippen LogP) is 2.46. The average molecular weight is 191 g/mol. The molecule has 0 unspecified atom stereocenters. The van der Waals surface area contributed by atoms with E-state index in [9.17, 15) is 0 Å². The summed E-state index contributed by atoms with van der Waals surface area (Å²) in [6, 6.07) is 10.9. The maximum Gasteiger partial charge on any atom is 0.109 e. The minimum atomic E-state index is 0.702. The van der Waals surface area contributed by atoms with E-state index in [1.807, 2.05) is 18.2 Å². The van der Waals surface area contributed by atoms with E-state index in [1.165, 1.54) is 12.8 Å². The van der Waals surface area contributed by atoms with Crippen molar-refractivity contribution < 1.29 is 0 Å². The molecule has 13 heavy (non-hydrogen) atoms. The van der Waals surface area contributed by atoms with Gasteiger partial charge in [-0.3, -0.25) is 0 Å². The van der Waals surface area contributed by atoms with Crippen molar-refractivity contribution in [2.45, 2.75) is 18.9 Å². The Bertz CT molecular complexity index is 303. The molecule has 1 aliphatic carbocycles. The van der Waals surface area contributed by atoms with E-state index >= 15 is 0 Å². The van der Waals surface area contributed by atoms with Gasteiger partial charge >= 0.3 is 0 Å². The molecule has 0 amide bonds. The van der Waals surface area contributed by atoms with Crippen molar-refractivity contribution in [3.05, 3.63) is 35.9 Å². The molecule has 1 aromatic rings. The van der Waals surface area contributed by atoms with Crippen molar-refractivity contribution >= 4 is 17.2 Å². The molecule has 1 aromatic carbocycles. The zero-order valence-electron chi connectivity index (χ0n) is 7.73. The van der Waals surface area contributed by atoms with E-state index in [0.717, 1.165) is 10.6 Å². The van der Waals surface area contributed by atoms with Gasteiger partial charge in [-0.1, -0.05) is 42.5 Å². The third kappa shape index (κ3) is 1.89. The van der Waals surface area contributed by atoms with E-state index in [1.54, 1.807) is 0 Å². The summed E-state index contributed by atoms with van der Waals surface area (Å²) in [6.07, 6.45) is 2.59. The standard InChI is InChI=1S/C11H13NS/c1-12(10-7-8-10)11(13)9-5-3-2-4-6-9/h2-6,10H,7-8H2,1H3. The predicted molar refractivity (Wildman–Crippen MR) is 58.9 cm³/mol. The molecule has 0 atom stereocenters. The molecule has 0 bridgehead atoms. The van der Waals surface area contributed by atoms with E-state index in [4.69, 9.17) is 12.2 Å². The van der Waals surface area contributed by atoms with Crippen LogP contribution in [0.15, 0.2) is 30.3 Å². The summed E-state index contributed by atoms with van der Waals surface area (Å²) in [7, 11) is 2.09. The van der Waals surface area contributed by atoms with Gasteiger partial charge in [-0.25, -0.2) is 0 Å². The molecule has 2 rings (SSSR count). The number of hydrogen-bond acceptors (Lipinski definition) is 1. The van der Waals surface area contributed by atoms with E-state index in [-0.39, 0.29) is 0 Å². The largest absolute Gasteiger partial charge is 0.362 e. The third-order valence-corrected chi connectivity index (χ3v) is 2.96. The number of hydrogen-bond donors (Lipinski definition) is 0. The first kappa shape index (κ1) is 8.70. The van der Waals surface area contributed by atoms with Crippen LogP contribution in [-0.4, -0.2) is 23.0 Å². The van der Waals surface area contributed by atoms with Gasteiger partial charge in [0.15, 0.2) is 0 Å². The summed E-state index contributed by atoms with van der Waals surface area (Å²) in [5, 5.41) is 0. The first-order valence-electron chi connectivity index (χ1n) is 4.61. The average Bonchev–Trinajstić information content (AvgIpc) is 3.00. The summed E-state index contributed by atoms with van der Waals surface area (Å²) >= 11 is 5.39. The number of rotatable bonds is 2. The molecule has 1 saturated carbocycles. The molecular formula is C11H13NS. The Balaban J connectivity index is 2.12. The Morgan fingerprint density at radius 2 is 1.92 bits per heavy atom. The molecule has 1 aliphatic rings. The first-order chi connectivity index (χ1) is 6.29. The minimum absolute atomic E-state index is 0.702. The fourth-order valence-corrected chi connectivity index (χ4v) is 1.70. The number of nitrogens with zero attached hydrogens (tertiary/aromatic N) is 1. The second-order valence-electron chi connectivity index (χ2n) is 3.51. The zero-order valence-corrected chi connectivity index (χ0v) is 8.55. The number of thiocarbonyl (C=S) groups is 1. The van der Waals surface area contributed by atoms with Crippen molar-refractivity contribution in [3.8, 4) is 0 Å². The van der Waals surface area contributed by atoms with Crippen LogP contribution in [0, 0.1) is 0 Å². The Morgan fingerprint density at radius 3 is 2.46 bits per heavy atom. The fourth-order valence-electron chi connectivity index (χ4n) is 1.41. The van der Waals surface area contributed by atoms with Crippen LogP contribution < -0.4 is 0 Å². The second kappa shape index (κ2) is 3.46. The van der Waals surface area contributed by atoms with Gasteiger partial charge in [-0.05, 0) is 12.8 Å². The Kier molecular flexibility index (Phi) is 2.32. The molecule has 0 saturated heterocycles. The highest BCUT2D eigenvalue weighted by Crippen LogP contribution is 2.26. The SMILES string of the molecule is CN(C(=S)c1ccccc1)C1CC1. The quantitative estimate of drug-likeness (QED) is 0.661. The van der Waals surface area contributed by atoms with Gasteiger partial charge in [0, 0.05) is 18.7 Å². The molecule has 0 aliphatic heterocycles. The lowest BCUT2D eigenvalue weighted by atomic mass is 10.2. The van der Waals surface area contributed by atoms with Crippen LogP contribution in [0.3, 0.4) is 0 Å². The molecule has 1 nitrogen and oxygen atoms in total. The summed E-state index contributed by atoms with van der Waals surface area (Å²) < 4.78 is 0. The van der Waals surface area contributed by atoms with Crippen LogP contribution in [-0.2, 0) is 0 Å². The molecule has 0 radical (unpaired) electrons. The minimum Gasteiger partial charge on any atom is -0.362 e. The van der Waals surface area contributed by atoms with Crippen molar-refractivity contribution in [3.63, 3.8) is 0 Å². The molecule has 2 heteroatoms. The Hall–Kier alpha value is -0.890. The van der Waals surface area contributed by atoms with Gasteiger partial charge in [0.2, 0.25) is 0 Å². The highest BCUT2D eigenvalue weighted by atomic mass is 32.1. The van der Waals surface area contributed by atoms with Crippen LogP contribution in [0.2, 0.25) is 0 Å². The molecule has 0 spiro atoms. The lowest BCUT2D eigenvalue weighted by molar-refractivity contribution is 0.506. The third-order valence-electron chi connectivity index (χ3n) is 2.44. The van der Waals surface area contributed by atoms with Gasteiger partial charge in [0.05, 0.1) is 0 Å². The summed E-state index contributed by atoms with van der Waals surface area (Å²) in [4.78, 5) is 3.19. The number of benzene rings is 1. The van der Waals surface area contributed by atoms with E-state index in [2.05, 4.69) is 24.1 Å². The zero-order chi connectivity index (χ0) is 9.26. The molecule has 0 heterocycles. The van der Waals surface area contributed by atoms with Crippen molar-refractivity contribution in [1.82, 2.24) is 4.90 Å². The summed E-state index contributed by atoms with van der Waals surface area (Å²) in [5.74, 6) is 0. The van der Waals surface area contributed by atoms with Crippen molar-refractivity contribution in [2.24, 2.45) is 0 Å². The maximum atomic E-state index is 5.39. The monoisotopic (exact) mass is 191 g/mol. The molecule has 0 aromatic heterocycles. The topological polar surface area (TPSA) is 3.24 Å². The van der Waals surface area contributed by atoms with Gasteiger partial charge < -0.3 is 4.90 Å². The summed E-state index contributed by atoms with van der Waals surface area (Å²) in [5.41, 5.74) is 1.16. The Morgan fingerprint density at radius 1 is 1.31 bits per heavy atom. The van der Waals surface area contributed by atoms with Gasteiger partial charge in [0.25, 0.3) is 0 Å². The van der Waals surface area contributed by atoms with Crippen LogP contribution in [0.25, 0.3) is 0 Å². The van der Waals surface area contributed by atoms with Crippen LogP contribution >= 0.6 is 12.2 Å². The Labute approximate surface area is 84.4 Å². The van der Waals surface area contributed by atoms with E-state index < -0.39 is 0 Å². The normalized spacial score (nSPS) is 15.5. The molecule has 0 N–H and O–H groups in total. The smallest absolute Gasteiger partial charge is 0.109 e. The lowest BCUT2D eigenvalue weighted by Crippen LogP contribution is -2.27. The van der Waals surface area contributed by atoms with Crippen LogP contribution in [0.4, 0.5) is 0 Å². The second-order valence-corrected chi connectivity index (χ2v) is 3.90. The maximum absolute atomic E-state index is 5.39. The lowest BCUT2D eigenvalue weighted by Gasteiger charge is -2.19. The highest BCUT2D eigenvalue weighted by Gasteiger charge is 2.27. The van der Waals surface area contributed by atoms with Crippen molar-refractivity contribution in [1.29, 1.82) is 0 Å². The molecular weight excluding hydrogens is 178 g/mol. The summed E-state index contributed by atoms with van der Waals surface area (Å²) in [6.45, 7) is 0. The van der Waals surface area contributed by atoms with Crippen LogP contribution in [0.1, 0.15) is 18.4 Å². The van der Waals surface area contributed by atoms with Crippen molar-refractivity contribution in [2.75, 3.05) is 7.05 Å². The van der Waals surface area contributed by atoms with Gasteiger partial charge in [0.1, 0.15) is 4.99 Å². The van der Waals surface area contributed by atoms with Crippen LogP contribution in [0.5, 0.6) is 0 Å². The van der Waals surface area contributed by atoms with Gasteiger partial charge in [-0.15, -0.1) is 0 Å². The molecule has 1 fully saturated rings. The molecule has 68 valence electrons. The van der Waals surface area contributed by atoms with Gasteiger partial charge in [-0.2, -0.15) is 0 Å². The van der Waals surface area contributed by atoms with E-state index in [0.29, 0.717) is 6.04 Å². The first-order valence-corrected chi connectivity index (χ1v) is 5.02.